The summed E-state index contributed by atoms with van der Waals surface area (Å²) in [5, 5.41) is 0.303. The molecule has 0 aromatic carbocycles. The summed E-state index contributed by atoms with van der Waals surface area (Å²) in [6.07, 6.45) is 3.87. The van der Waals surface area contributed by atoms with Crippen molar-refractivity contribution in [3.05, 3.63) is 0 Å². The molecule has 1 saturated carbocycles. The Morgan fingerprint density at radius 2 is 1.94 bits per heavy atom. The van der Waals surface area contributed by atoms with Crippen LogP contribution in [0.5, 0.6) is 0 Å². The highest BCUT2D eigenvalue weighted by Crippen LogP contribution is 2.34. The molecule has 100 valence electrons. The minimum Gasteiger partial charge on any atom is -0.416 e. The van der Waals surface area contributed by atoms with Gasteiger partial charge < -0.3 is 4.43 Å². The van der Waals surface area contributed by atoms with E-state index in [9.17, 15) is 4.79 Å². The number of Topliss-reactive ketones (excluding diaryl/α,β-unsaturated/α-hetero) is 1. The van der Waals surface area contributed by atoms with Crippen LogP contribution in [-0.2, 0) is 9.22 Å². The Balaban J connectivity index is 2.57. The fraction of sp³-hybridized carbons (Fsp3) is 0.929. The standard InChI is InChI=1S/C14H28O2Si/c1-6-11-8-12(15)10-13(9-11)16-17(7-2)14(3,4)5/h11,13,17H,6-10H2,1-5H3/t11-,13+,17?/m0/s1. The average molecular weight is 256 g/mol. The molecule has 2 nitrogen and oxygen atoms in total. The summed E-state index contributed by atoms with van der Waals surface area (Å²) in [5.74, 6) is 0.971. The molecule has 0 aliphatic heterocycles. The first-order chi connectivity index (χ1) is 7.86. The van der Waals surface area contributed by atoms with E-state index >= 15 is 0 Å². The monoisotopic (exact) mass is 256 g/mol. The highest BCUT2D eigenvalue weighted by Gasteiger charge is 2.33. The third-order valence-electron chi connectivity index (χ3n) is 3.84. The van der Waals surface area contributed by atoms with Gasteiger partial charge in [0.2, 0.25) is 0 Å². The Morgan fingerprint density at radius 1 is 1.29 bits per heavy atom. The fourth-order valence-electron chi connectivity index (χ4n) is 2.76. The van der Waals surface area contributed by atoms with Gasteiger partial charge in [0.25, 0.3) is 0 Å². The molecular weight excluding hydrogens is 228 g/mol. The van der Waals surface area contributed by atoms with Crippen molar-refractivity contribution >= 4 is 14.8 Å². The molecule has 0 saturated heterocycles. The van der Waals surface area contributed by atoms with Gasteiger partial charge in [-0.3, -0.25) is 4.79 Å². The van der Waals surface area contributed by atoms with Crippen LogP contribution in [0.1, 0.15) is 60.3 Å². The van der Waals surface area contributed by atoms with Gasteiger partial charge >= 0.3 is 0 Å². The number of hydrogen-bond donors (Lipinski definition) is 0. The molecule has 0 bridgehead atoms. The summed E-state index contributed by atoms with van der Waals surface area (Å²) in [5.41, 5.74) is 0. The average Bonchev–Trinajstić information content (AvgIpc) is 2.23. The second-order valence-corrected chi connectivity index (χ2v) is 10.3. The zero-order valence-electron chi connectivity index (χ0n) is 12.1. The SMILES string of the molecule is CC[C@H]1CC(=O)C[C@H](O[SiH](CC)C(C)(C)C)C1. The molecule has 1 rings (SSSR count). The lowest BCUT2D eigenvalue weighted by Gasteiger charge is -2.35. The van der Waals surface area contributed by atoms with Crippen LogP contribution >= 0.6 is 0 Å². The van der Waals surface area contributed by atoms with Crippen LogP contribution in [0.25, 0.3) is 0 Å². The molecule has 0 amide bonds. The predicted octanol–water partition coefficient (Wildman–Crippen LogP) is 3.69. The highest BCUT2D eigenvalue weighted by molar-refractivity contribution is 6.55. The molecule has 1 aliphatic rings. The molecule has 17 heavy (non-hydrogen) atoms. The van der Waals surface area contributed by atoms with E-state index < -0.39 is 9.04 Å². The zero-order chi connectivity index (χ0) is 13.1. The minimum atomic E-state index is -1.19. The van der Waals surface area contributed by atoms with Crippen LogP contribution in [0, 0.1) is 5.92 Å². The molecule has 3 atom stereocenters. The van der Waals surface area contributed by atoms with E-state index in [4.69, 9.17) is 4.43 Å². The first-order valence-corrected chi connectivity index (χ1v) is 8.90. The zero-order valence-corrected chi connectivity index (χ0v) is 13.2. The number of ketones is 1. The lowest BCUT2D eigenvalue weighted by molar-refractivity contribution is -0.124. The van der Waals surface area contributed by atoms with E-state index in [-0.39, 0.29) is 6.10 Å². The molecule has 1 aliphatic carbocycles. The molecule has 1 fully saturated rings. The van der Waals surface area contributed by atoms with Crippen molar-refractivity contribution in [2.45, 2.75) is 77.5 Å². The maximum Gasteiger partial charge on any atom is 0.182 e. The van der Waals surface area contributed by atoms with Crippen LogP contribution in [-0.4, -0.2) is 20.9 Å². The maximum absolute atomic E-state index is 11.7. The molecule has 0 N–H and O–H groups in total. The Kier molecular flexibility index (Phi) is 5.39. The Bertz CT molecular complexity index is 257. The third kappa shape index (κ3) is 4.55. The van der Waals surface area contributed by atoms with Crippen LogP contribution in [0.3, 0.4) is 0 Å². The Hall–Kier alpha value is -0.153. The van der Waals surface area contributed by atoms with E-state index in [0.717, 1.165) is 25.3 Å². The van der Waals surface area contributed by atoms with Crippen LogP contribution in [0.15, 0.2) is 0 Å². The molecule has 0 spiro atoms. The van der Waals surface area contributed by atoms with Gasteiger partial charge in [0.1, 0.15) is 5.78 Å². The highest BCUT2D eigenvalue weighted by atomic mass is 28.3. The van der Waals surface area contributed by atoms with Crippen molar-refractivity contribution in [1.82, 2.24) is 0 Å². The summed E-state index contributed by atoms with van der Waals surface area (Å²) in [4.78, 5) is 11.7. The number of carbonyl (C=O) groups is 1. The first kappa shape index (κ1) is 14.9. The van der Waals surface area contributed by atoms with Crippen molar-refractivity contribution in [2.75, 3.05) is 0 Å². The van der Waals surface area contributed by atoms with Crippen LogP contribution in [0.2, 0.25) is 11.1 Å². The number of rotatable bonds is 4. The summed E-state index contributed by atoms with van der Waals surface area (Å²) >= 11 is 0. The quantitative estimate of drug-likeness (QED) is 0.717. The Labute approximate surface area is 108 Å². The van der Waals surface area contributed by atoms with Gasteiger partial charge in [-0.15, -0.1) is 0 Å². The van der Waals surface area contributed by atoms with E-state index in [0.29, 0.717) is 23.2 Å². The molecule has 3 heteroatoms. The molecule has 0 aromatic heterocycles. The van der Waals surface area contributed by atoms with Gasteiger partial charge in [-0.05, 0) is 23.4 Å². The molecule has 0 heterocycles. The van der Waals surface area contributed by atoms with E-state index in [1.807, 2.05) is 0 Å². The minimum absolute atomic E-state index is 0.219. The molecule has 0 radical (unpaired) electrons. The molecular formula is C14H28O2Si. The van der Waals surface area contributed by atoms with Crippen molar-refractivity contribution in [2.24, 2.45) is 5.92 Å². The smallest absolute Gasteiger partial charge is 0.182 e. The van der Waals surface area contributed by atoms with Crippen molar-refractivity contribution in [1.29, 1.82) is 0 Å². The molecule has 1 unspecified atom stereocenters. The van der Waals surface area contributed by atoms with Crippen LogP contribution in [0.4, 0.5) is 0 Å². The summed E-state index contributed by atoms with van der Waals surface area (Å²) < 4.78 is 6.33. The van der Waals surface area contributed by atoms with E-state index in [1.54, 1.807) is 0 Å². The predicted molar refractivity (Wildman–Crippen MR) is 74.9 cm³/mol. The molecule has 0 aromatic rings. The van der Waals surface area contributed by atoms with Crippen molar-refractivity contribution in [3.8, 4) is 0 Å². The van der Waals surface area contributed by atoms with E-state index in [1.165, 1.54) is 0 Å². The maximum atomic E-state index is 11.7. The van der Waals surface area contributed by atoms with Gasteiger partial charge in [0.05, 0.1) is 6.10 Å². The second kappa shape index (κ2) is 6.14. The first-order valence-electron chi connectivity index (χ1n) is 7.04. The Morgan fingerprint density at radius 3 is 2.41 bits per heavy atom. The topological polar surface area (TPSA) is 26.3 Å². The summed E-state index contributed by atoms with van der Waals surface area (Å²) in [7, 11) is -1.19. The van der Waals surface area contributed by atoms with Crippen LogP contribution < -0.4 is 0 Å². The fourth-order valence-corrected chi connectivity index (χ4v) is 5.25. The van der Waals surface area contributed by atoms with E-state index in [2.05, 4.69) is 34.6 Å². The summed E-state index contributed by atoms with van der Waals surface area (Å²) in [6, 6.07) is 1.16. The van der Waals surface area contributed by atoms with Gasteiger partial charge in [-0.1, -0.05) is 41.0 Å². The van der Waals surface area contributed by atoms with Gasteiger partial charge in [0, 0.05) is 12.8 Å². The lowest BCUT2D eigenvalue weighted by atomic mass is 9.85. The van der Waals surface area contributed by atoms with Crippen molar-refractivity contribution in [3.63, 3.8) is 0 Å². The normalized spacial score (nSPS) is 28.2. The second-order valence-electron chi connectivity index (χ2n) is 6.48. The van der Waals surface area contributed by atoms with Crippen molar-refractivity contribution < 1.29 is 9.22 Å². The van der Waals surface area contributed by atoms with Gasteiger partial charge in [-0.25, -0.2) is 0 Å². The lowest BCUT2D eigenvalue weighted by Crippen LogP contribution is -2.37. The summed E-state index contributed by atoms with van der Waals surface area (Å²) in [6.45, 7) is 11.2. The number of hydrogen-bond acceptors (Lipinski definition) is 2. The number of carbonyl (C=O) groups excluding carboxylic acids is 1. The largest absolute Gasteiger partial charge is 0.416 e. The third-order valence-corrected chi connectivity index (χ3v) is 7.23. The van der Waals surface area contributed by atoms with Gasteiger partial charge in [0.15, 0.2) is 9.04 Å². The van der Waals surface area contributed by atoms with Gasteiger partial charge in [-0.2, -0.15) is 0 Å².